The van der Waals surface area contributed by atoms with Crippen LogP contribution < -0.4 is 10.1 Å². The summed E-state index contributed by atoms with van der Waals surface area (Å²) in [5, 5.41) is 22.2. The van der Waals surface area contributed by atoms with Crippen molar-refractivity contribution < 1.29 is 14.9 Å². The molecule has 3 N–H and O–H groups in total. The lowest BCUT2D eigenvalue weighted by Crippen LogP contribution is -2.47. The summed E-state index contributed by atoms with van der Waals surface area (Å²) in [6.45, 7) is 4.35. The van der Waals surface area contributed by atoms with Crippen molar-refractivity contribution in [2.45, 2.75) is 25.5 Å². The van der Waals surface area contributed by atoms with Crippen molar-refractivity contribution in [3.05, 3.63) is 54.6 Å². The lowest BCUT2D eigenvalue weighted by molar-refractivity contribution is 0.0907. The lowest BCUT2D eigenvalue weighted by Gasteiger charge is -2.25. The Morgan fingerprint density at radius 3 is 2.22 bits per heavy atom. The van der Waals surface area contributed by atoms with Crippen molar-refractivity contribution in [2.24, 2.45) is 0 Å². The van der Waals surface area contributed by atoms with Gasteiger partial charge in [-0.2, -0.15) is 0 Å². The van der Waals surface area contributed by atoms with Crippen LogP contribution in [0.5, 0.6) is 5.75 Å². The van der Waals surface area contributed by atoms with E-state index in [0.717, 1.165) is 16.9 Å². The van der Waals surface area contributed by atoms with Crippen LogP contribution in [0.15, 0.2) is 54.6 Å². The summed E-state index contributed by atoms with van der Waals surface area (Å²) in [7, 11) is 0. The topological polar surface area (TPSA) is 61.7 Å². The van der Waals surface area contributed by atoms with Gasteiger partial charge in [0.2, 0.25) is 0 Å². The molecule has 2 aromatic carbocycles. The number of aliphatic hydroxyl groups is 2. The maximum Gasteiger partial charge on any atom is 0.119 e. The van der Waals surface area contributed by atoms with Gasteiger partial charge in [-0.15, -0.1) is 0 Å². The molecule has 23 heavy (non-hydrogen) atoms. The van der Waals surface area contributed by atoms with Crippen molar-refractivity contribution in [2.75, 3.05) is 19.8 Å². The highest BCUT2D eigenvalue weighted by atomic mass is 16.5. The first-order valence-corrected chi connectivity index (χ1v) is 7.82. The third-order valence-electron chi connectivity index (χ3n) is 3.62. The maximum atomic E-state index is 9.93. The summed E-state index contributed by atoms with van der Waals surface area (Å²) >= 11 is 0. The predicted molar refractivity (Wildman–Crippen MR) is 92.5 cm³/mol. The third-order valence-corrected chi connectivity index (χ3v) is 3.62. The molecule has 0 saturated heterocycles. The maximum absolute atomic E-state index is 9.93. The van der Waals surface area contributed by atoms with E-state index in [-0.39, 0.29) is 13.2 Å². The number of hydrogen-bond acceptors (Lipinski definition) is 4. The standard InChI is InChI=1S/C19H25NO3/c1-19(2,14-21)20-12-17(22)13-23-18-10-8-16(9-11-18)15-6-4-3-5-7-15/h3-11,17,20-22H,12-14H2,1-2H3. The van der Waals surface area contributed by atoms with E-state index >= 15 is 0 Å². The Morgan fingerprint density at radius 1 is 1.00 bits per heavy atom. The lowest BCUT2D eigenvalue weighted by atomic mass is 10.1. The van der Waals surface area contributed by atoms with E-state index in [0.29, 0.717) is 6.54 Å². The third kappa shape index (κ3) is 5.67. The first-order valence-electron chi connectivity index (χ1n) is 7.82. The fourth-order valence-corrected chi connectivity index (χ4v) is 2.08. The Bertz CT molecular complexity index is 581. The molecule has 0 amide bonds. The van der Waals surface area contributed by atoms with Crippen molar-refractivity contribution in [1.29, 1.82) is 0 Å². The fourth-order valence-electron chi connectivity index (χ4n) is 2.08. The highest BCUT2D eigenvalue weighted by Crippen LogP contribution is 2.22. The van der Waals surface area contributed by atoms with Gasteiger partial charge in [0, 0.05) is 12.1 Å². The molecule has 1 atom stereocenters. The van der Waals surface area contributed by atoms with E-state index in [4.69, 9.17) is 9.84 Å². The Hall–Kier alpha value is -1.88. The molecule has 0 saturated carbocycles. The van der Waals surface area contributed by atoms with Crippen molar-refractivity contribution in [3.8, 4) is 16.9 Å². The van der Waals surface area contributed by atoms with Gasteiger partial charge in [-0.3, -0.25) is 0 Å². The number of rotatable bonds is 8. The Balaban J connectivity index is 1.82. The molecule has 2 aromatic rings. The Kier molecular flexibility index (Phi) is 6.16. The minimum Gasteiger partial charge on any atom is -0.491 e. The smallest absolute Gasteiger partial charge is 0.119 e. The first-order chi connectivity index (χ1) is 11.0. The van der Waals surface area contributed by atoms with Gasteiger partial charge in [-0.1, -0.05) is 42.5 Å². The SMILES string of the molecule is CC(C)(CO)NCC(O)COc1ccc(-c2ccccc2)cc1. The van der Waals surface area contributed by atoms with E-state index in [1.165, 1.54) is 0 Å². The molecule has 0 heterocycles. The molecule has 1 unspecified atom stereocenters. The molecular formula is C19H25NO3. The van der Waals surface area contributed by atoms with E-state index in [1.54, 1.807) is 0 Å². The molecule has 0 aromatic heterocycles. The van der Waals surface area contributed by atoms with Crippen LogP contribution in [0, 0.1) is 0 Å². The van der Waals surface area contributed by atoms with Crippen LogP contribution in [-0.2, 0) is 0 Å². The minimum atomic E-state index is -0.630. The second-order valence-electron chi connectivity index (χ2n) is 6.28. The number of ether oxygens (including phenoxy) is 1. The van der Waals surface area contributed by atoms with Gasteiger partial charge in [0.1, 0.15) is 18.5 Å². The van der Waals surface area contributed by atoms with Crippen LogP contribution >= 0.6 is 0 Å². The van der Waals surface area contributed by atoms with Crippen LogP contribution in [0.3, 0.4) is 0 Å². The molecule has 0 bridgehead atoms. The molecule has 0 fully saturated rings. The highest BCUT2D eigenvalue weighted by molar-refractivity contribution is 5.63. The summed E-state index contributed by atoms with van der Waals surface area (Å²) in [5.41, 5.74) is 1.89. The summed E-state index contributed by atoms with van der Waals surface area (Å²) in [5.74, 6) is 0.727. The predicted octanol–water partition coefficient (Wildman–Crippen LogP) is 2.45. The number of nitrogens with one attached hydrogen (secondary N) is 1. The number of β-amino-alcohol motifs (C(OH)–C–C–N with tert-alkyl or cyclic N) is 1. The van der Waals surface area contributed by atoms with E-state index in [2.05, 4.69) is 17.4 Å². The molecule has 2 rings (SSSR count). The zero-order valence-electron chi connectivity index (χ0n) is 13.7. The Labute approximate surface area is 137 Å². The summed E-state index contributed by atoms with van der Waals surface area (Å²) in [4.78, 5) is 0. The highest BCUT2D eigenvalue weighted by Gasteiger charge is 2.17. The quantitative estimate of drug-likeness (QED) is 0.700. The normalized spacial score (nSPS) is 12.9. The summed E-state index contributed by atoms with van der Waals surface area (Å²) < 4.78 is 5.61. The van der Waals surface area contributed by atoms with Gasteiger partial charge in [0.05, 0.1) is 6.61 Å². The number of benzene rings is 2. The van der Waals surface area contributed by atoms with Gasteiger partial charge < -0.3 is 20.3 Å². The zero-order chi connectivity index (χ0) is 16.7. The molecule has 4 heteroatoms. The molecule has 0 aliphatic rings. The van der Waals surface area contributed by atoms with Crippen molar-refractivity contribution >= 4 is 0 Å². The monoisotopic (exact) mass is 315 g/mol. The molecule has 0 radical (unpaired) electrons. The number of hydrogen-bond donors (Lipinski definition) is 3. The summed E-state index contributed by atoms with van der Waals surface area (Å²) in [6, 6.07) is 18.0. The Morgan fingerprint density at radius 2 is 1.61 bits per heavy atom. The molecule has 0 aliphatic heterocycles. The molecular weight excluding hydrogens is 290 g/mol. The average Bonchev–Trinajstić information content (AvgIpc) is 2.59. The van der Waals surface area contributed by atoms with Crippen LogP contribution in [0.1, 0.15) is 13.8 Å². The molecule has 124 valence electrons. The van der Waals surface area contributed by atoms with E-state index in [9.17, 15) is 5.11 Å². The fraction of sp³-hybridized carbons (Fsp3) is 0.368. The van der Waals surface area contributed by atoms with Gasteiger partial charge in [-0.05, 0) is 37.1 Å². The van der Waals surface area contributed by atoms with Gasteiger partial charge >= 0.3 is 0 Å². The van der Waals surface area contributed by atoms with Crippen LogP contribution in [0.25, 0.3) is 11.1 Å². The van der Waals surface area contributed by atoms with Crippen molar-refractivity contribution in [3.63, 3.8) is 0 Å². The molecule has 0 aliphatic carbocycles. The van der Waals surface area contributed by atoms with E-state index < -0.39 is 11.6 Å². The second kappa shape index (κ2) is 8.11. The summed E-state index contributed by atoms with van der Waals surface area (Å²) in [6.07, 6.45) is -0.630. The molecule has 4 nitrogen and oxygen atoms in total. The minimum absolute atomic E-state index is 0.0154. The first kappa shape index (κ1) is 17.5. The van der Waals surface area contributed by atoms with Gasteiger partial charge in [0.15, 0.2) is 0 Å². The van der Waals surface area contributed by atoms with E-state index in [1.807, 2.05) is 56.3 Å². The molecule has 0 spiro atoms. The largest absolute Gasteiger partial charge is 0.491 e. The second-order valence-corrected chi connectivity index (χ2v) is 6.28. The van der Waals surface area contributed by atoms with Crippen LogP contribution in [0.2, 0.25) is 0 Å². The average molecular weight is 315 g/mol. The van der Waals surface area contributed by atoms with Crippen molar-refractivity contribution in [1.82, 2.24) is 5.32 Å². The zero-order valence-corrected chi connectivity index (χ0v) is 13.7. The van der Waals surface area contributed by atoms with Gasteiger partial charge in [0.25, 0.3) is 0 Å². The van der Waals surface area contributed by atoms with Gasteiger partial charge in [-0.25, -0.2) is 0 Å². The number of aliphatic hydroxyl groups excluding tert-OH is 2. The van der Waals surface area contributed by atoms with Crippen LogP contribution in [0.4, 0.5) is 0 Å². The van der Waals surface area contributed by atoms with Crippen LogP contribution in [-0.4, -0.2) is 41.6 Å².